The fourth-order valence-electron chi connectivity index (χ4n) is 3.00. The van der Waals surface area contributed by atoms with Gasteiger partial charge in [-0.05, 0) is 44.4 Å². The van der Waals surface area contributed by atoms with Gasteiger partial charge in [0.05, 0.1) is 24.3 Å². The quantitative estimate of drug-likeness (QED) is 0.901. The number of sulfonamides is 1. The number of benzene rings is 1. The molecule has 2 aliphatic heterocycles. The second-order valence-electron chi connectivity index (χ2n) is 6.97. The van der Waals surface area contributed by atoms with Gasteiger partial charge >= 0.3 is 0 Å². The number of carbonyl (C=O) groups excluding carboxylic acids is 1. The van der Waals surface area contributed by atoms with Gasteiger partial charge in [-0.3, -0.25) is 4.79 Å². The van der Waals surface area contributed by atoms with Crippen LogP contribution in [0, 0.1) is 12.3 Å². The summed E-state index contributed by atoms with van der Waals surface area (Å²) in [6.45, 7) is 5.46. The Labute approximate surface area is 143 Å². The first-order valence-corrected chi connectivity index (χ1v) is 9.77. The molecule has 0 radical (unpaired) electrons. The van der Waals surface area contributed by atoms with Crippen LogP contribution in [0.5, 0.6) is 0 Å². The van der Waals surface area contributed by atoms with E-state index in [9.17, 15) is 13.2 Å². The number of rotatable bonds is 4. The number of hydrogen-bond acceptors (Lipinski definition) is 4. The molecule has 2 fully saturated rings. The van der Waals surface area contributed by atoms with Crippen LogP contribution >= 0.6 is 0 Å². The minimum atomic E-state index is -3.61. The molecule has 2 saturated heterocycles. The smallest absolute Gasteiger partial charge is 0.245 e. The molecule has 24 heavy (non-hydrogen) atoms. The SMILES string of the molecule is Cc1ccc(NC(=O)C2(C)COC2)c(S(=O)(=O)N2CCCCC2)c1. The van der Waals surface area contributed by atoms with E-state index in [0.29, 0.717) is 32.0 Å². The van der Waals surface area contributed by atoms with Gasteiger partial charge in [0.2, 0.25) is 15.9 Å². The third-order valence-corrected chi connectivity index (χ3v) is 6.65. The Kier molecular flexibility index (Phi) is 4.68. The van der Waals surface area contributed by atoms with Gasteiger partial charge in [0.15, 0.2) is 0 Å². The Morgan fingerprint density at radius 3 is 2.46 bits per heavy atom. The van der Waals surface area contributed by atoms with Crippen LogP contribution in [0.1, 0.15) is 31.7 Å². The Morgan fingerprint density at radius 1 is 1.21 bits per heavy atom. The van der Waals surface area contributed by atoms with E-state index < -0.39 is 15.4 Å². The van der Waals surface area contributed by atoms with Crippen molar-refractivity contribution in [1.82, 2.24) is 4.31 Å². The highest BCUT2D eigenvalue weighted by Gasteiger charge is 2.41. The van der Waals surface area contributed by atoms with Crippen LogP contribution < -0.4 is 5.32 Å². The summed E-state index contributed by atoms with van der Waals surface area (Å²) in [5.41, 5.74) is 0.614. The lowest BCUT2D eigenvalue weighted by molar-refractivity contribution is -0.151. The third kappa shape index (κ3) is 3.20. The Hall–Kier alpha value is -1.44. The highest BCUT2D eigenvalue weighted by atomic mass is 32.2. The van der Waals surface area contributed by atoms with Crippen molar-refractivity contribution in [3.63, 3.8) is 0 Å². The van der Waals surface area contributed by atoms with Crippen molar-refractivity contribution in [3.8, 4) is 0 Å². The van der Waals surface area contributed by atoms with Crippen molar-refractivity contribution in [2.45, 2.75) is 38.0 Å². The molecule has 0 bridgehead atoms. The molecule has 0 saturated carbocycles. The number of nitrogens with one attached hydrogen (secondary N) is 1. The number of nitrogens with zero attached hydrogens (tertiary/aromatic N) is 1. The highest BCUT2D eigenvalue weighted by molar-refractivity contribution is 7.89. The van der Waals surface area contributed by atoms with Gasteiger partial charge in [0.25, 0.3) is 0 Å². The number of piperidine rings is 1. The number of amides is 1. The molecule has 2 heterocycles. The van der Waals surface area contributed by atoms with Crippen LogP contribution in [0.15, 0.2) is 23.1 Å². The lowest BCUT2D eigenvalue weighted by atomic mass is 9.87. The zero-order valence-corrected chi connectivity index (χ0v) is 15.0. The lowest BCUT2D eigenvalue weighted by Crippen LogP contribution is -2.49. The van der Waals surface area contributed by atoms with E-state index in [-0.39, 0.29) is 10.8 Å². The molecule has 0 aliphatic carbocycles. The van der Waals surface area contributed by atoms with E-state index in [4.69, 9.17) is 4.74 Å². The van der Waals surface area contributed by atoms with Crippen LogP contribution in [0.3, 0.4) is 0 Å². The van der Waals surface area contributed by atoms with Crippen LogP contribution in [0.4, 0.5) is 5.69 Å². The third-order valence-electron chi connectivity index (χ3n) is 4.71. The number of aryl methyl sites for hydroxylation is 1. The molecule has 1 amide bonds. The lowest BCUT2D eigenvalue weighted by Gasteiger charge is -2.36. The predicted molar refractivity (Wildman–Crippen MR) is 91.3 cm³/mol. The normalized spacial score (nSPS) is 21.1. The number of hydrogen-bond donors (Lipinski definition) is 1. The molecule has 3 rings (SSSR count). The van der Waals surface area contributed by atoms with E-state index >= 15 is 0 Å². The molecule has 7 heteroatoms. The summed E-state index contributed by atoms with van der Waals surface area (Å²) >= 11 is 0. The van der Waals surface area contributed by atoms with Crippen molar-refractivity contribution in [3.05, 3.63) is 23.8 Å². The summed E-state index contributed by atoms with van der Waals surface area (Å²) in [6.07, 6.45) is 2.81. The standard InChI is InChI=1S/C17H24N2O4S/c1-13-6-7-14(18-16(20)17(2)11-23-12-17)15(10-13)24(21,22)19-8-4-3-5-9-19/h6-7,10H,3-5,8-9,11-12H2,1-2H3,(H,18,20). The first kappa shape index (κ1) is 17.4. The molecule has 1 aromatic carbocycles. The monoisotopic (exact) mass is 352 g/mol. The van der Waals surface area contributed by atoms with Crippen LogP contribution in [0.2, 0.25) is 0 Å². The van der Waals surface area contributed by atoms with Crippen LogP contribution in [0.25, 0.3) is 0 Å². The number of anilines is 1. The van der Waals surface area contributed by atoms with Crippen molar-refractivity contribution >= 4 is 21.6 Å². The topological polar surface area (TPSA) is 75.7 Å². The van der Waals surface area contributed by atoms with Gasteiger partial charge in [0.1, 0.15) is 4.90 Å². The van der Waals surface area contributed by atoms with Gasteiger partial charge < -0.3 is 10.1 Å². The molecule has 2 aliphatic rings. The summed E-state index contributed by atoms with van der Waals surface area (Å²) in [5.74, 6) is -0.201. The van der Waals surface area contributed by atoms with Crippen molar-refractivity contribution in [1.29, 1.82) is 0 Å². The number of carbonyl (C=O) groups is 1. The Balaban J connectivity index is 1.92. The largest absolute Gasteiger partial charge is 0.379 e. The average molecular weight is 352 g/mol. The first-order valence-electron chi connectivity index (χ1n) is 8.33. The van der Waals surface area contributed by atoms with Crippen LogP contribution in [-0.2, 0) is 19.6 Å². The highest BCUT2D eigenvalue weighted by Crippen LogP contribution is 2.32. The average Bonchev–Trinajstić information content (AvgIpc) is 2.54. The maximum Gasteiger partial charge on any atom is 0.245 e. The maximum absolute atomic E-state index is 13.0. The van der Waals surface area contributed by atoms with Crippen molar-refractivity contribution in [2.24, 2.45) is 5.41 Å². The van der Waals surface area contributed by atoms with Gasteiger partial charge in [-0.15, -0.1) is 0 Å². The zero-order valence-electron chi connectivity index (χ0n) is 14.2. The number of ether oxygens (including phenoxy) is 1. The zero-order chi connectivity index (χ0) is 17.4. The summed E-state index contributed by atoms with van der Waals surface area (Å²) < 4.78 is 32.7. The minimum absolute atomic E-state index is 0.182. The molecule has 0 aromatic heterocycles. The summed E-state index contributed by atoms with van der Waals surface area (Å²) in [7, 11) is -3.61. The van der Waals surface area contributed by atoms with Gasteiger partial charge in [-0.1, -0.05) is 12.5 Å². The summed E-state index contributed by atoms with van der Waals surface area (Å²) in [5, 5.41) is 2.80. The van der Waals surface area contributed by atoms with Gasteiger partial charge in [0, 0.05) is 13.1 Å². The molecular formula is C17H24N2O4S. The molecule has 132 valence electrons. The summed E-state index contributed by atoms with van der Waals surface area (Å²) in [6, 6.07) is 5.12. The Bertz CT molecular complexity index is 735. The molecule has 6 nitrogen and oxygen atoms in total. The van der Waals surface area contributed by atoms with Crippen molar-refractivity contribution in [2.75, 3.05) is 31.6 Å². The van der Waals surface area contributed by atoms with E-state index in [1.807, 2.05) is 19.9 Å². The van der Waals surface area contributed by atoms with E-state index in [1.54, 1.807) is 12.1 Å². The van der Waals surface area contributed by atoms with Gasteiger partial charge in [-0.2, -0.15) is 4.31 Å². The van der Waals surface area contributed by atoms with Crippen molar-refractivity contribution < 1.29 is 17.9 Å². The molecule has 0 unspecified atom stereocenters. The maximum atomic E-state index is 13.0. The second kappa shape index (κ2) is 6.46. The fraction of sp³-hybridized carbons (Fsp3) is 0.588. The molecule has 1 N–H and O–H groups in total. The second-order valence-corrected chi connectivity index (χ2v) is 8.88. The predicted octanol–water partition coefficient (Wildman–Crippen LogP) is 2.14. The first-order chi connectivity index (χ1) is 11.3. The van der Waals surface area contributed by atoms with Crippen LogP contribution in [-0.4, -0.2) is 44.9 Å². The molecule has 1 aromatic rings. The summed E-state index contributed by atoms with van der Waals surface area (Å²) in [4.78, 5) is 12.6. The molecule has 0 spiro atoms. The fourth-order valence-corrected chi connectivity index (χ4v) is 4.75. The Morgan fingerprint density at radius 2 is 1.88 bits per heavy atom. The van der Waals surface area contributed by atoms with E-state index in [0.717, 1.165) is 24.8 Å². The minimum Gasteiger partial charge on any atom is -0.379 e. The van der Waals surface area contributed by atoms with E-state index in [2.05, 4.69) is 5.32 Å². The van der Waals surface area contributed by atoms with Gasteiger partial charge in [-0.25, -0.2) is 8.42 Å². The van der Waals surface area contributed by atoms with E-state index in [1.165, 1.54) is 4.31 Å². The molecular weight excluding hydrogens is 328 g/mol. The molecule has 0 atom stereocenters.